The molecule has 0 radical (unpaired) electrons. The summed E-state index contributed by atoms with van der Waals surface area (Å²) in [4.78, 5) is 7.59. The van der Waals surface area contributed by atoms with Gasteiger partial charge in [0.15, 0.2) is 11.4 Å². The molecule has 0 amide bonds. The molecule has 2 heterocycles. The van der Waals surface area contributed by atoms with Crippen molar-refractivity contribution in [3.63, 3.8) is 0 Å². The lowest BCUT2D eigenvalue weighted by Gasteiger charge is -2.14. The molecule has 0 atom stereocenters. The van der Waals surface area contributed by atoms with E-state index in [0.29, 0.717) is 16.9 Å². The van der Waals surface area contributed by atoms with Crippen LogP contribution in [0.2, 0.25) is 0 Å². The monoisotopic (exact) mass is 652 g/mol. The van der Waals surface area contributed by atoms with E-state index in [1.54, 1.807) is 0 Å². The van der Waals surface area contributed by atoms with Crippen molar-refractivity contribution in [3.05, 3.63) is 174 Å². The Labute approximate surface area is 292 Å². The summed E-state index contributed by atoms with van der Waals surface area (Å²) in [7, 11) is 0. The largest absolute Gasteiger partial charge is 0.311 e. The van der Waals surface area contributed by atoms with Gasteiger partial charge in [0.1, 0.15) is 0 Å². The van der Waals surface area contributed by atoms with Crippen molar-refractivity contribution in [3.8, 4) is 45.1 Å². The molecular formula is C45H24N4S. The van der Waals surface area contributed by atoms with E-state index >= 15 is 0 Å². The van der Waals surface area contributed by atoms with E-state index in [1.807, 2.05) is 65.9 Å². The molecule has 0 unspecified atom stereocenters. The molecule has 7 aromatic carbocycles. The molecule has 0 spiro atoms. The molecule has 230 valence electrons. The van der Waals surface area contributed by atoms with Crippen molar-refractivity contribution in [2.45, 2.75) is 0 Å². The minimum absolute atomic E-state index is 0.529. The first kappa shape index (κ1) is 29.2. The molecule has 0 saturated heterocycles. The van der Waals surface area contributed by atoms with Crippen LogP contribution in [-0.2, 0) is 0 Å². The third kappa shape index (κ3) is 4.72. The van der Waals surface area contributed by atoms with Gasteiger partial charge in [-0.25, -0.2) is 9.69 Å². The van der Waals surface area contributed by atoms with Gasteiger partial charge in [-0.1, -0.05) is 72.8 Å². The normalized spacial score (nSPS) is 11.1. The number of aromatic nitrogens is 1. The molecule has 0 fully saturated rings. The Bertz CT molecular complexity index is 2890. The number of thiophene rings is 1. The molecule has 5 heteroatoms. The van der Waals surface area contributed by atoms with Gasteiger partial charge in [-0.3, -0.25) is 0 Å². The molecule has 0 bridgehead atoms. The van der Waals surface area contributed by atoms with E-state index in [1.165, 1.54) is 25.7 Å². The van der Waals surface area contributed by atoms with Crippen LogP contribution in [0, 0.1) is 24.5 Å². The Morgan fingerprint density at radius 2 is 1.24 bits per heavy atom. The van der Waals surface area contributed by atoms with E-state index in [-0.39, 0.29) is 0 Å². The average Bonchev–Trinajstić information content (AvgIpc) is 3.72. The molecule has 0 aliphatic carbocycles. The Balaban J connectivity index is 1.31. The summed E-state index contributed by atoms with van der Waals surface area (Å²) in [6, 6.07) is 51.9. The standard InChI is InChI=1S/C45H24N4S/c1-47-34-16-18-43-40(26-34)39-19-28(27-46)15-17-42(39)49(43)36-22-32(21-35(25-36)48-2)33-23-38(45-41(24-33)37-13-6-7-14-44(37)50-45)31-12-8-11-30(20-31)29-9-4-3-5-10-29/h3-26H. The molecule has 0 saturated carbocycles. The van der Waals surface area contributed by atoms with Crippen LogP contribution in [0.1, 0.15) is 5.56 Å². The Morgan fingerprint density at radius 1 is 0.520 bits per heavy atom. The summed E-state index contributed by atoms with van der Waals surface area (Å²) in [6.07, 6.45) is 0. The number of hydrogen-bond donors (Lipinski definition) is 0. The molecule has 50 heavy (non-hydrogen) atoms. The second kappa shape index (κ2) is 11.6. The first-order chi connectivity index (χ1) is 24.6. The fourth-order valence-electron chi connectivity index (χ4n) is 7.09. The number of hydrogen-bond acceptors (Lipinski definition) is 2. The summed E-state index contributed by atoms with van der Waals surface area (Å²) in [5.41, 5.74) is 10.9. The molecule has 4 nitrogen and oxygen atoms in total. The third-order valence-electron chi connectivity index (χ3n) is 9.39. The fraction of sp³-hybridized carbons (Fsp3) is 0. The van der Waals surface area contributed by atoms with Crippen LogP contribution in [0.5, 0.6) is 0 Å². The Morgan fingerprint density at radius 3 is 2.06 bits per heavy atom. The maximum absolute atomic E-state index is 9.69. The first-order valence-corrected chi connectivity index (χ1v) is 16.9. The van der Waals surface area contributed by atoms with Crippen molar-refractivity contribution in [2.75, 3.05) is 0 Å². The van der Waals surface area contributed by atoms with Gasteiger partial charge in [0.2, 0.25) is 0 Å². The summed E-state index contributed by atoms with van der Waals surface area (Å²) in [6.45, 7) is 15.7. The van der Waals surface area contributed by atoms with E-state index in [0.717, 1.165) is 55.3 Å². The second-order valence-electron chi connectivity index (χ2n) is 12.3. The van der Waals surface area contributed by atoms with Crippen LogP contribution in [0.15, 0.2) is 146 Å². The van der Waals surface area contributed by atoms with Gasteiger partial charge in [0.25, 0.3) is 0 Å². The van der Waals surface area contributed by atoms with Gasteiger partial charge < -0.3 is 4.57 Å². The topological polar surface area (TPSA) is 37.4 Å². The third-order valence-corrected chi connectivity index (χ3v) is 10.6. The number of fused-ring (bicyclic) bond motifs is 6. The maximum Gasteiger partial charge on any atom is 0.189 e. The summed E-state index contributed by atoms with van der Waals surface area (Å²) < 4.78 is 4.60. The van der Waals surface area contributed by atoms with Gasteiger partial charge >= 0.3 is 0 Å². The highest BCUT2D eigenvalue weighted by Gasteiger charge is 2.18. The highest BCUT2D eigenvalue weighted by atomic mass is 32.1. The van der Waals surface area contributed by atoms with Gasteiger partial charge in [-0.2, -0.15) is 5.26 Å². The lowest BCUT2D eigenvalue weighted by molar-refractivity contribution is 1.18. The van der Waals surface area contributed by atoms with Crippen LogP contribution >= 0.6 is 11.3 Å². The molecule has 0 aliphatic rings. The van der Waals surface area contributed by atoms with E-state index in [4.69, 9.17) is 13.1 Å². The van der Waals surface area contributed by atoms with Crippen LogP contribution in [0.4, 0.5) is 11.4 Å². The lowest BCUT2D eigenvalue weighted by atomic mass is 9.94. The lowest BCUT2D eigenvalue weighted by Crippen LogP contribution is -1.95. The molecule has 9 rings (SSSR count). The highest BCUT2D eigenvalue weighted by Crippen LogP contribution is 2.44. The smallest absolute Gasteiger partial charge is 0.189 e. The summed E-state index contributed by atoms with van der Waals surface area (Å²) in [5, 5.41) is 13.9. The number of nitrogens with zero attached hydrogens (tertiary/aromatic N) is 4. The zero-order chi connectivity index (χ0) is 33.8. The van der Waals surface area contributed by atoms with Crippen LogP contribution in [0.3, 0.4) is 0 Å². The van der Waals surface area contributed by atoms with Gasteiger partial charge in [-0.15, -0.1) is 11.3 Å². The predicted octanol–water partition coefficient (Wildman–Crippen LogP) is 13.1. The van der Waals surface area contributed by atoms with Crippen molar-refractivity contribution >= 4 is 64.7 Å². The Kier molecular flexibility index (Phi) is 6.78. The minimum Gasteiger partial charge on any atom is -0.311 e. The SMILES string of the molecule is [C-]#[N+]c1cc(-c2cc(-c3cccc(-c4ccccc4)c3)c3sc4ccccc4c3c2)cc(-n2c3ccc(C#N)cc3c3cc([N+]#[C-])ccc32)c1. The first-order valence-electron chi connectivity index (χ1n) is 16.1. The molecule has 0 aliphatic heterocycles. The number of nitriles is 1. The quantitative estimate of drug-likeness (QED) is 0.174. The van der Waals surface area contributed by atoms with Crippen molar-refractivity contribution < 1.29 is 0 Å². The van der Waals surface area contributed by atoms with E-state index < -0.39 is 0 Å². The zero-order valence-electron chi connectivity index (χ0n) is 26.6. The van der Waals surface area contributed by atoms with E-state index in [2.05, 4.69) is 111 Å². The van der Waals surface area contributed by atoms with Crippen molar-refractivity contribution in [1.29, 1.82) is 5.26 Å². The molecule has 2 aromatic heterocycles. The fourth-order valence-corrected chi connectivity index (χ4v) is 8.31. The summed E-state index contributed by atoms with van der Waals surface area (Å²) in [5.74, 6) is 0. The molecule has 0 N–H and O–H groups in total. The Hall–Kier alpha value is -6.97. The van der Waals surface area contributed by atoms with Crippen LogP contribution in [-0.4, -0.2) is 4.57 Å². The predicted molar refractivity (Wildman–Crippen MR) is 207 cm³/mol. The second-order valence-corrected chi connectivity index (χ2v) is 13.3. The van der Waals surface area contributed by atoms with Crippen LogP contribution < -0.4 is 0 Å². The van der Waals surface area contributed by atoms with Crippen LogP contribution in [0.25, 0.3) is 90.7 Å². The van der Waals surface area contributed by atoms with Crippen molar-refractivity contribution in [2.24, 2.45) is 0 Å². The minimum atomic E-state index is 0.529. The average molecular weight is 653 g/mol. The highest BCUT2D eigenvalue weighted by molar-refractivity contribution is 7.26. The number of rotatable bonds is 4. The summed E-state index contributed by atoms with van der Waals surface area (Å²) >= 11 is 1.81. The molecule has 9 aromatic rings. The van der Waals surface area contributed by atoms with Gasteiger partial charge in [0, 0.05) is 36.8 Å². The van der Waals surface area contributed by atoms with E-state index in [9.17, 15) is 5.26 Å². The maximum atomic E-state index is 9.69. The number of benzene rings is 7. The molecular weight excluding hydrogens is 629 g/mol. The van der Waals surface area contributed by atoms with Gasteiger partial charge in [0.05, 0.1) is 35.8 Å². The van der Waals surface area contributed by atoms with Crippen molar-refractivity contribution in [1.82, 2.24) is 4.57 Å². The zero-order valence-corrected chi connectivity index (χ0v) is 27.4. The van der Waals surface area contributed by atoms with Gasteiger partial charge in [-0.05, 0) is 106 Å².